The highest BCUT2D eigenvalue weighted by molar-refractivity contribution is 5.09. The van der Waals surface area contributed by atoms with Crippen LogP contribution in [0.15, 0.2) is 24.5 Å². The summed E-state index contributed by atoms with van der Waals surface area (Å²) >= 11 is 0. The first-order valence-corrected chi connectivity index (χ1v) is 3.73. The van der Waals surface area contributed by atoms with E-state index < -0.39 is 0 Å². The number of nitrogens with one attached hydrogen (secondary N) is 1. The Morgan fingerprint density at radius 3 is 2.73 bits per heavy atom. The molecule has 0 spiro atoms. The molecule has 3 N–H and O–H groups in total. The Balaban J connectivity index is 2.28. The van der Waals surface area contributed by atoms with Crippen molar-refractivity contribution < 1.29 is 0 Å². The van der Waals surface area contributed by atoms with E-state index in [0.717, 1.165) is 13.0 Å². The summed E-state index contributed by atoms with van der Waals surface area (Å²) in [6.45, 7) is 1.48. The van der Waals surface area contributed by atoms with Crippen LogP contribution in [0.3, 0.4) is 0 Å². The Morgan fingerprint density at radius 2 is 2.09 bits per heavy atom. The fraction of sp³-hybridized carbons (Fsp3) is 0.375. The van der Waals surface area contributed by atoms with E-state index in [1.165, 1.54) is 5.56 Å². The van der Waals surface area contributed by atoms with Crippen LogP contribution in [0.5, 0.6) is 0 Å². The summed E-state index contributed by atoms with van der Waals surface area (Å²) in [5.74, 6) is 0. The van der Waals surface area contributed by atoms with Crippen LogP contribution in [0.1, 0.15) is 5.56 Å². The van der Waals surface area contributed by atoms with Crippen molar-refractivity contribution in [3.05, 3.63) is 30.1 Å². The highest BCUT2D eigenvalue weighted by Gasteiger charge is 1.88. The van der Waals surface area contributed by atoms with Crippen LogP contribution < -0.4 is 11.1 Å². The van der Waals surface area contributed by atoms with Crippen LogP contribution >= 0.6 is 0 Å². The van der Waals surface area contributed by atoms with E-state index in [4.69, 9.17) is 5.73 Å². The predicted molar refractivity (Wildman–Crippen MR) is 45.0 cm³/mol. The molecular formula is C8H13N3. The molecule has 0 bridgehead atoms. The molecule has 0 radical (unpaired) electrons. The number of hydrogen-bond acceptors (Lipinski definition) is 3. The first-order chi connectivity index (χ1) is 5.43. The van der Waals surface area contributed by atoms with Crippen molar-refractivity contribution in [1.29, 1.82) is 0 Å². The summed E-state index contributed by atoms with van der Waals surface area (Å²) in [6, 6.07) is 4.02. The summed E-state index contributed by atoms with van der Waals surface area (Å²) in [7, 11) is 0. The number of nitrogens with two attached hydrogens (primary N) is 1. The first kappa shape index (κ1) is 8.17. The van der Waals surface area contributed by atoms with Gasteiger partial charge in [0.05, 0.1) is 0 Å². The molecule has 11 heavy (non-hydrogen) atoms. The van der Waals surface area contributed by atoms with Gasteiger partial charge in [0.25, 0.3) is 0 Å². The van der Waals surface area contributed by atoms with Gasteiger partial charge in [-0.15, -0.1) is 0 Å². The molecule has 0 unspecified atom stereocenters. The Hall–Kier alpha value is -0.930. The van der Waals surface area contributed by atoms with Gasteiger partial charge in [0.2, 0.25) is 0 Å². The molecule has 0 aliphatic carbocycles. The number of nitrogens with zero attached hydrogens (tertiary/aromatic N) is 1. The topological polar surface area (TPSA) is 50.9 Å². The molecule has 0 fully saturated rings. The van der Waals surface area contributed by atoms with Gasteiger partial charge in [-0.1, -0.05) is 0 Å². The van der Waals surface area contributed by atoms with Gasteiger partial charge in [-0.05, 0) is 24.1 Å². The Bertz CT molecular complexity index is 186. The zero-order chi connectivity index (χ0) is 7.94. The fourth-order valence-corrected chi connectivity index (χ4v) is 0.884. The lowest BCUT2D eigenvalue weighted by Gasteiger charge is -2.00. The van der Waals surface area contributed by atoms with Crippen LogP contribution in [0.2, 0.25) is 0 Å². The quantitative estimate of drug-likeness (QED) is 0.475. The molecule has 1 aromatic rings. The molecule has 0 aliphatic rings. The summed E-state index contributed by atoms with van der Waals surface area (Å²) in [6.07, 6.45) is 4.62. The third kappa shape index (κ3) is 3.11. The van der Waals surface area contributed by atoms with Gasteiger partial charge in [0.1, 0.15) is 0 Å². The minimum Gasteiger partial charge on any atom is -0.318 e. The number of hydrogen-bond donors (Lipinski definition) is 2. The summed E-state index contributed by atoms with van der Waals surface area (Å²) in [4.78, 5) is 3.93. The number of aromatic nitrogens is 1. The molecule has 0 saturated carbocycles. The second kappa shape index (κ2) is 4.82. The van der Waals surface area contributed by atoms with Gasteiger partial charge in [0, 0.05) is 25.6 Å². The fourth-order valence-electron chi connectivity index (χ4n) is 0.884. The lowest BCUT2D eigenvalue weighted by molar-refractivity contribution is 0.701. The predicted octanol–water partition coefficient (Wildman–Crippen LogP) is 0.130. The molecule has 1 aromatic heterocycles. The van der Waals surface area contributed by atoms with E-state index in [0.29, 0.717) is 6.67 Å². The maximum absolute atomic E-state index is 5.27. The Morgan fingerprint density at radius 1 is 1.36 bits per heavy atom. The molecule has 60 valence electrons. The third-order valence-electron chi connectivity index (χ3n) is 1.48. The largest absolute Gasteiger partial charge is 0.318 e. The highest BCUT2D eigenvalue weighted by Crippen LogP contribution is 1.95. The second-order valence-electron chi connectivity index (χ2n) is 2.31. The van der Waals surface area contributed by atoms with E-state index in [2.05, 4.69) is 10.3 Å². The average molecular weight is 151 g/mol. The van der Waals surface area contributed by atoms with Crippen LogP contribution in [0.25, 0.3) is 0 Å². The van der Waals surface area contributed by atoms with Crippen LogP contribution in [0.4, 0.5) is 0 Å². The van der Waals surface area contributed by atoms with Crippen molar-refractivity contribution >= 4 is 0 Å². The van der Waals surface area contributed by atoms with Crippen molar-refractivity contribution in [2.45, 2.75) is 6.42 Å². The molecule has 0 saturated heterocycles. The van der Waals surface area contributed by atoms with E-state index in [-0.39, 0.29) is 0 Å². The van der Waals surface area contributed by atoms with Crippen molar-refractivity contribution in [1.82, 2.24) is 10.3 Å². The standard InChI is InChI=1S/C8H13N3/c9-7-11-6-3-8-1-4-10-5-2-8/h1-2,4-5,11H,3,6-7,9H2. The van der Waals surface area contributed by atoms with E-state index in [1.54, 1.807) is 12.4 Å². The molecule has 0 atom stereocenters. The summed E-state index contributed by atoms with van der Waals surface area (Å²) in [5.41, 5.74) is 6.56. The third-order valence-corrected chi connectivity index (χ3v) is 1.48. The number of pyridine rings is 1. The Labute approximate surface area is 66.6 Å². The van der Waals surface area contributed by atoms with Gasteiger partial charge in [-0.25, -0.2) is 0 Å². The smallest absolute Gasteiger partial charge is 0.0428 e. The van der Waals surface area contributed by atoms with Gasteiger partial charge < -0.3 is 11.1 Å². The second-order valence-corrected chi connectivity index (χ2v) is 2.31. The molecule has 3 nitrogen and oxygen atoms in total. The van der Waals surface area contributed by atoms with Crippen LogP contribution in [-0.2, 0) is 6.42 Å². The lowest BCUT2D eigenvalue weighted by atomic mass is 10.2. The number of rotatable bonds is 4. The Kier molecular flexibility index (Phi) is 3.58. The van der Waals surface area contributed by atoms with Crippen molar-refractivity contribution in [3.8, 4) is 0 Å². The van der Waals surface area contributed by atoms with Gasteiger partial charge in [-0.2, -0.15) is 0 Å². The first-order valence-electron chi connectivity index (χ1n) is 3.73. The molecule has 0 aliphatic heterocycles. The van der Waals surface area contributed by atoms with Crippen molar-refractivity contribution in [2.24, 2.45) is 5.73 Å². The monoisotopic (exact) mass is 151 g/mol. The summed E-state index contributed by atoms with van der Waals surface area (Å²) < 4.78 is 0. The maximum atomic E-state index is 5.27. The highest BCUT2D eigenvalue weighted by atomic mass is 14.9. The normalized spacial score (nSPS) is 9.91. The zero-order valence-electron chi connectivity index (χ0n) is 6.46. The van der Waals surface area contributed by atoms with Gasteiger partial charge >= 0.3 is 0 Å². The molecular weight excluding hydrogens is 138 g/mol. The SMILES string of the molecule is NCNCCc1ccncc1. The molecule has 1 rings (SSSR count). The minimum atomic E-state index is 0.547. The van der Waals surface area contributed by atoms with E-state index >= 15 is 0 Å². The molecule has 1 heterocycles. The van der Waals surface area contributed by atoms with Gasteiger partial charge in [0.15, 0.2) is 0 Å². The lowest BCUT2D eigenvalue weighted by Crippen LogP contribution is -2.24. The average Bonchev–Trinajstić information content (AvgIpc) is 2.07. The van der Waals surface area contributed by atoms with E-state index in [9.17, 15) is 0 Å². The van der Waals surface area contributed by atoms with Crippen LogP contribution in [0, 0.1) is 0 Å². The summed E-state index contributed by atoms with van der Waals surface area (Å²) in [5, 5.41) is 3.05. The van der Waals surface area contributed by atoms with Crippen molar-refractivity contribution in [2.75, 3.05) is 13.2 Å². The molecule has 0 amide bonds. The minimum absolute atomic E-state index is 0.547. The van der Waals surface area contributed by atoms with E-state index in [1.807, 2.05) is 12.1 Å². The molecule has 0 aromatic carbocycles. The van der Waals surface area contributed by atoms with Crippen LogP contribution in [-0.4, -0.2) is 18.2 Å². The van der Waals surface area contributed by atoms with Crippen molar-refractivity contribution in [3.63, 3.8) is 0 Å². The van der Waals surface area contributed by atoms with Gasteiger partial charge in [-0.3, -0.25) is 4.98 Å². The zero-order valence-corrected chi connectivity index (χ0v) is 6.46. The molecule has 3 heteroatoms. The maximum Gasteiger partial charge on any atom is 0.0428 e.